The Labute approximate surface area is 112 Å². The third kappa shape index (κ3) is 3.38. The fraction of sp³-hybridized carbons (Fsp3) is 0.0769. The molecule has 6 heteroatoms. The van der Waals surface area contributed by atoms with Crippen molar-refractivity contribution in [1.29, 1.82) is 0 Å². The molecule has 0 saturated heterocycles. The van der Waals surface area contributed by atoms with E-state index in [1.165, 1.54) is 30.3 Å². The van der Waals surface area contributed by atoms with Gasteiger partial charge in [-0.15, -0.1) is 11.3 Å². The molecule has 4 nitrogen and oxygen atoms in total. The van der Waals surface area contributed by atoms with Crippen molar-refractivity contribution in [3.05, 3.63) is 52.7 Å². The van der Waals surface area contributed by atoms with Crippen molar-refractivity contribution in [3.8, 4) is 0 Å². The van der Waals surface area contributed by atoms with Gasteiger partial charge in [0.1, 0.15) is 10.8 Å². The van der Waals surface area contributed by atoms with Gasteiger partial charge in [-0.3, -0.25) is 4.79 Å². The lowest BCUT2D eigenvalue weighted by molar-refractivity contribution is -0.115. The van der Waals surface area contributed by atoms with Crippen LogP contribution in [0.1, 0.15) is 15.9 Å². The number of carbonyl (C=O) groups excluding carboxylic acids is 1. The highest BCUT2D eigenvalue weighted by Crippen LogP contribution is 2.23. The SMILES string of the molecule is O=C(Cc1ccc(F)cc1)Nc1sccc1C(=O)O. The van der Waals surface area contributed by atoms with E-state index in [9.17, 15) is 14.0 Å². The van der Waals surface area contributed by atoms with E-state index >= 15 is 0 Å². The summed E-state index contributed by atoms with van der Waals surface area (Å²) >= 11 is 1.15. The van der Waals surface area contributed by atoms with E-state index in [0.717, 1.165) is 11.3 Å². The zero-order chi connectivity index (χ0) is 13.8. The summed E-state index contributed by atoms with van der Waals surface area (Å²) in [5, 5.41) is 13.3. The molecule has 0 aliphatic carbocycles. The molecule has 1 aromatic carbocycles. The van der Waals surface area contributed by atoms with E-state index in [1.807, 2.05) is 0 Å². The first kappa shape index (κ1) is 13.2. The van der Waals surface area contributed by atoms with Gasteiger partial charge in [0.25, 0.3) is 0 Å². The van der Waals surface area contributed by atoms with Crippen LogP contribution < -0.4 is 5.32 Å². The summed E-state index contributed by atoms with van der Waals surface area (Å²) < 4.78 is 12.7. The maximum atomic E-state index is 12.7. The van der Waals surface area contributed by atoms with Gasteiger partial charge < -0.3 is 10.4 Å². The lowest BCUT2D eigenvalue weighted by Crippen LogP contribution is -2.15. The number of carboxylic acid groups (broad SMARTS) is 1. The van der Waals surface area contributed by atoms with E-state index in [-0.39, 0.29) is 23.7 Å². The molecule has 0 spiro atoms. The molecule has 1 aromatic heterocycles. The summed E-state index contributed by atoms with van der Waals surface area (Å²) in [4.78, 5) is 22.6. The van der Waals surface area contributed by atoms with Crippen LogP contribution in [0.4, 0.5) is 9.39 Å². The van der Waals surface area contributed by atoms with Crippen molar-refractivity contribution >= 4 is 28.2 Å². The fourth-order valence-electron chi connectivity index (χ4n) is 1.53. The van der Waals surface area contributed by atoms with E-state index < -0.39 is 5.97 Å². The second kappa shape index (κ2) is 5.62. The third-order valence-corrected chi connectivity index (χ3v) is 3.26. The highest BCUT2D eigenvalue weighted by atomic mass is 32.1. The van der Waals surface area contributed by atoms with Crippen LogP contribution in [0.2, 0.25) is 0 Å². The number of carboxylic acids is 1. The second-order valence-electron chi connectivity index (χ2n) is 3.82. The zero-order valence-corrected chi connectivity index (χ0v) is 10.5. The lowest BCUT2D eigenvalue weighted by atomic mass is 10.1. The molecule has 0 fully saturated rings. The molecule has 2 rings (SSSR count). The van der Waals surface area contributed by atoms with Gasteiger partial charge >= 0.3 is 5.97 Å². The van der Waals surface area contributed by atoms with Crippen molar-refractivity contribution in [2.45, 2.75) is 6.42 Å². The number of anilines is 1. The van der Waals surface area contributed by atoms with Gasteiger partial charge in [0.05, 0.1) is 12.0 Å². The Balaban J connectivity index is 2.03. The highest BCUT2D eigenvalue weighted by Gasteiger charge is 2.13. The maximum absolute atomic E-state index is 12.7. The van der Waals surface area contributed by atoms with Crippen LogP contribution in [0.3, 0.4) is 0 Å². The first-order valence-electron chi connectivity index (χ1n) is 5.41. The van der Waals surface area contributed by atoms with Gasteiger partial charge in [-0.25, -0.2) is 9.18 Å². The van der Waals surface area contributed by atoms with E-state index in [1.54, 1.807) is 5.38 Å². The summed E-state index contributed by atoms with van der Waals surface area (Å²) in [6.45, 7) is 0. The first-order valence-corrected chi connectivity index (χ1v) is 6.29. The molecule has 2 N–H and O–H groups in total. The normalized spacial score (nSPS) is 10.2. The van der Waals surface area contributed by atoms with Crippen molar-refractivity contribution in [2.24, 2.45) is 0 Å². The molecule has 0 aliphatic heterocycles. The average molecular weight is 279 g/mol. The molecule has 1 heterocycles. The van der Waals surface area contributed by atoms with Gasteiger partial charge in [-0.2, -0.15) is 0 Å². The minimum Gasteiger partial charge on any atom is -0.478 e. The minimum absolute atomic E-state index is 0.0667. The second-order valence-corrected chi connectivity index (χ2v) is 4.74. The third-order valence-electron chi connectivity index (χ3n) is 2.43. The molecule has 0 radical (unpaired) electrons. The predicted octanol–water partition coefficient (Wildman–Crippen LogP) is 2.77. The number of nitrogens with one attached hydrogen (secondary N) is 1. The van der Waals surface area contributed by atoms with E-state index in [4.69, 9.17) is 5.11 Å². The smallest absolute Gasteiger partial charge is 0.338 e. The molecule has 0 saturated carbocycles. The molecule has 19 heavy (non-hydrogen) atoms. The van der Waals surface area contributed by atoms with Crippen LogP contribution in [0, 0.1) is 5.82 Å². The summed E-state index contributed by atoms with van der Waals surface area (Å²) in [5.74, 6) is -1.79. The van der Waals surface area contributed by atoms with Gasteiger partial charge in [0.15, 0.2) is 0 Å². The number of hydrogen-bond acceptors (Lipinski definition) is 3. The van der Waals surface area contributed by atoms with Crippen LogP contribution in [0.25, 0.3) is 0 Å². The number of aromatic carboxylic acids is 1. The number of amides is 1. The molecule has 98 valence electrons. The topological polar surface area (TPSA) is 66.4 Å². The minimum atomic E-state index is -1.08. The molecular formula is C13H10FNO3S. The summed E-state index contributed by atoms with van der Waals surface area (Å²) in [6.07, 6.45) is 0.0667. The number of benzene rings is 1. The number of rotatable bonds is 4. The fourth-order valence-corrected chi connectivity index (χ4v) is 2.33. The van der Waals surface area contributed by atoms with Crippen molar-refractivity contribution in [2.75, 3.05) is 5.32 Å². The Morgan fingerprint density at radius 1 is 1.21 bits per heavy atom. The van der Waals surface area contributed by atoms with Crippen LogP contribution >= 0.6 is 11.3 Å². The Hall–Kier alpha value is -2.21. The van der Waals surface area contributed by atoms with Crippen molar-refractivity contribution in [3.63, 3.8) is 0 Å². The molecule has 0 unspecified atom stereocenters. The number of halogens is 1. The molecule has 1 amide bonds. The van der Waals surface area contributed by atoms with Crippen LogP contribution in [-0.2, 0) is 11.2 Å². The Bertz CT molecular complexity index is 607. The molecule has 0 bridgehead atoms. The van der Waals surface area contributed by atoms with Gasteiger partial charge in [-0.05, 0) is 29.1 Å². The van der Waals surface area contributed by atoms with Crippen LogP contribution in [0.15, 0.2) is 35.7 Å². The first-order chi connectivity index (χ1) is 9.06. The van der Waals surface area contributed by atoms with Gasteiger partial charge in [0.2, 0.25) is 5.91 Å². The predicted molar refractivity (Wildman–Crippen MR) is 70.0 cm³/mol. The number of hydrogen-bond donors (Lipinski definition) is 2. The molecule has 0 aliphatic rings. The van der Waals surface area contributed by atoms with Crippen LogP contribution in [-0.4, -0.2) is 17.0 Å². The van der Waals surface area contributed by atoms with E-state index in [0.29, 0.717) is 10.6 Å². The monoisotopic (exact) mass is 279 g/mol. The highest BCUT2D eigenvalue weighted by molar-refractivity contribution is 7.14. The number of carbonyl (C=O) groups is 2. The maximum Gasteiger partial charge on any atom is 0.338 e. The summed E-state index contributed by atoms with van der Waals surface area (Å²) in [5.41, 5.74) is 0.727. The van der Waals surface area contributed by atoms with Gasteiger partial charge in [0, 0.05) is 0 Å². The Morgan fingerprint density at radius 2 is 1.89 bits per heavy atom. The quantitative estimate of drug-likeness (QED) is 0.904. The molecular weight excluding hydrogens is 269 g/mol. The van der Waals surface area contributed by atoms with Gasteiger partial charge in [-0.1, -0.05) is 12.1 Å². The number of thiophene rings is 1. The molecule has 2 aromatic rings. The van der Waals surface area contributed by atoms with Crippen molar-refractivity contribution in [1.82, 2.24) is 0 Å². The zero-order valence-electron chi connectivity index (χ0n) is 9.72. The standard InChI is InChI=1S/C13H10FNO3S/c14-9-3-1-8(2-4-9)7-11(16)15-12-10(13(17)18)5-6-19-12/h1-6H,7H2,(H,15,16)(H,17,18). The lowest BCUT2D eigenvalue weighted by Gasteiger charge is -2.04. The van der Waals surface area contributed by atoms with Crippen LogP contribution in [0.5, 0.6) is 0 Å². The largest absolute Gasteiger partial charge is 0.478 e. The summed E-state index contributed by atoms with van der Waals surface area (Å²) in [7, 11) is 0. The van der Waals surface area contributed by atoms with Crippen molar-refractivity contribution < 1.29 is 19.1 Å². The Kier molecular flexibility index (Phi) is 3.91. The Morgan fingerprint density at radius 3 is 2.53 bits per heavy atom. The summed E-state index contributed by atoms with van der Waals surface area (Å²) in [6, 6.07) is 7.01. The van der Waals surface area contributed by atoms with E-state index in [2.05, 4.69) is 5.32 Å². The molecule has 0 atom stereocenters. The average Bonchev–Trinajstić information content (AvgIpc) is 2.80.